The van der Waals surface area contributed by atoms with Crippen LogP contribution in [0.5, 0.6) is 0 Å². The van der Waals surface area contributed by atoms with Crippen LogP contribution in [0.3, 0.4) is 0 Å². The van der Waals surface area contributed by atoms with Crippen molar-refractivity contribution in [3.63, 3.8) is 0 Å². The number of hydrogen-bond donors (Lipinski definition) is 0. The predicted molar refractivity (Wildman–Crippen MR) is 36.5 cm³/mol. The van der Waals surface area contributed by atoms with Gasteiger partial charge in [0.25, 0.3) is 0 Å². The Labute approximate surface area is 59.7 Å². The van der Waals surface area contributed by atoms with Crippen LogP contribution in [0.15, 0.2) is 12.2 Å². The van der Waals surface area contributed by atoms with Gasteiger partial charge in [0.2, 0.25) is 0 Å². The van der Waals surface area contributed by atoms with E-state index in [1.165, 1.54) is 0 Å². The molecular weight excluding hydrogens is 132 g/mol. The van der Waals surface area contributed by atoms with Gasteiger partial charge in [0.15, 0.2) is 0 Å². The molecule has 0 aliphatic rings. The van der Waals surface area contributed by atoms with Crippen LogP contribution in [0.2, 0.25) is 0 Å². The smallest absolute Gasteiger partial charge is 0.330 e. The molecule has 0 fully saturated rings. The third-order valence-electron chi connectivity index (χ3n) is 0.759. The first-order valence-corrected chi connectivity index (χ1v) is 3.10. The van der Waals surface area contributed by atoms with Crippen molar-refractivity contribution in [1.82, 2.24) is 0 Å². The fourth-order valence-corrected chi connectivity index (χ4v) is 0.369. The fourth-order valence-electron chi connectivity index (χ4n) is 0.369. The molecule has 56 valence electrons. The summed E-state index contributed by atoms with van der Waals surface area (Å²) in [6.45, 7) is 2.30. The molecule has 0 aromatic heterocycles. The van der Waals surface area contributed by atoms with E-state index < -0.39 is 5.97 Å². The molecule has 0 bridgehead atoms. The van der Waals surface area contributed by atoms with Gasteiger partial charge in [-0.25, -0.2) is 4.79 Å². The molecule has 0 radical (unpaired) electrons. The minimum Gasteiger partial charge on any atom is -0.463 e. The predicted octanol–water partition coefficient (Wildman–Crippen LogP) is 0.695. The average Bonchev–Trinajstić information content (AvgIpc) is 1.97. The van der Waals surface area contributed by atoms with Crippen molar-refractivity contribution in [3.8, 4) is 0 Å². The summed E-state index contributed by atoms with van der Waals surface area (Å²) in [5.74, 6) is -0.464. The van der Waals surface area contributed by atoms with Gasteiger partial charge in [-0.05, 0) is 12.5 Å². The lowest BCUT2D eigenvalue weighted by Gasteiger charge is -1.95. The van der Waals surface area contributed by atoms with Crippen LogP contribution in [-0.4, -0.2) is 18.9 Å². The highest BCUT2D eigenvalue weighted by molar-refractivity contribution is 5.86. The van der Waals surface area contributed by atoms with Gasteiger partial charge in [-0.15, -0.1) is 0 Å². The van der Waals surface area contributed by atoms with Crippen molar-refractivity contribution in [2.75, 3.05) is 6.61 Å². The molecule has 0 atom stereocenters. The number of esters is 1. The zero-order valence-electron chi connectivity index (χ0n) is 5.87. The van der Waals surface area contributed by atoms with Crippen LogP contribution in [-0.2, 0) is 14.3 Å². The van der Waals surface area contributed by atoms with Crippen LogP contribution in [0.25, 0.3) is 0 Å². The van der Waals surface area contributed by atoms with Crippen molar-refractivity contribution in [2.45, 2.75) is 13.3 Å². The molecule has 0 aromatic rings. The number of carbonyl (C=O) groups is 2. The lowest BCUT2D eigenvalue weighted by molar-refractivity contribution is -0.137. The second kappa shape index (κ2) is 6.01. The van der Waals surface area contributed by atoms with Crippen molar-refractivity contribution < 1.29 is 14.3 Å². The average molecular weight is 142 g/mol. The van der Waals surface area contributed by atoms with Gasteiger partial charge in [0.1, 0.15) is 6.29 Å². The SMILES string of the molecule is CCCOC(=O)/C=C/C=O. The number of ether oxygens (including phenoxy) is 1. The van der Waals surface area contributed by atoms with E-state index in [1.807, 2.05) is 6.92 Å². The normalized spacial score (nSPS) is 9.70. The highest BCUT2D eigenvalue weighted by Crippen LogP contribution is 1.82. The van der Waals surface area contributed by atoms with Crippen LogP contribution < -0.4 is 0 Å². The Morgan fingerprint density at radius 2 is 2.30 bits per heavy atom. The Bertz CT molecular complexity index is 138. The zero-order valence-corrected chi connectivity index (χ0v) is 5.87. The Balaban J connectivity index is 3.43. The number of aldehydes is 1. The monoisotopic (exact) mass is 142 g/mol. The quantitative estimate of drug-likeness (QED) is 0.329. The lowest BCUT2D eigenvalue weighted by Crippen LogP contribution is -2.00. The molecule has 3 nitrogen and oxygen atoms in total. The standard InChI is InChI=1S/C7H10O3/c1-2-6-10-7(9)4-3-5-8/h3-5H,2,6H2,1H3/b4-3+. The summed E-state index contributed by atoms with van der Waals surface area (Å²) >= 11 is 0. The largest absolute Gasteiger partial charge is 0.463 e. The van der Waals surface area contributed by atoms with Crippen LogP contribution >= 0.6 is 0 Å². The van der Waals surface area contributed by atoms with Crippen molar-refractivity contribution in [2.24, 2.45) is 0 Å². The Kier molecular flexibility index (Phi) is 5.33. The van der Waals surface area contributed by atoms with E-state index in [9.17, 15) is 9.59 Å². The molecule has 0 saturated carbocycles. The Morgan fingerprint density at radius 1 is 1.60 bits per heavy atom. The van der Waals surface area contributed by atoms with E-state index in [1.54, 1.807) is 0 Å². The third-order valence-corrected chi connectivity index (χ3v) is 0.759. The molecular formula is C7H10O3. The Hall–Kier alpha value is -1.12. The molecule has 0 aromatic carbocycles. The third kappa shape index (κ3) is 5.03. The van der Waals surface area contributed by atoms with Gasteiger partial charge >= 0.3 is 5.97 Å². The maximum atomic E-state index is 10.5. The summed E-state index contributed by atoms with van der Waals surface area (Å²) in [4.78, 5) is 20.2. The summed E-state index contributed by atoms with van der Waals surface area (Å²) in [6, 6.07) is 0. The number of hydrogen-bond acceptors (Lipinski definition) is 3. The molecule has 0 spiro atoms. The number of rotatable bonds is 4. The fraction of sp³-hybridized carbons (Fsp3) is 0.429. The van der Waals surface area contributed by atoms with E-state index >= 15 is 0 Å². The maximum absolute atomic E-state index is 10.5. The maximum Gasteiger partial charge on any atom is 0.330 e. The van der Waals surface area contributed by atoms with Gasteiger partial charge in [0, 0.05) is 6.08 Å². The summed E-state index contributed by atoms with van der Waals surface area (Å²) in [5, 5.41) is 0. The van der Waals surface area contributed by atoms with E-state index in [2.05, 4.69) is 4.74 Å². The van der Waals surface area contributed by atoms with Gasteiger partial charge in [-0.2, -0.15) is 0 Å². The summed E-state index contributed by atoms with van der Waals surface area (Å²) in [7, 11) is 0. The number of allylic oxidation sites excluding steroid dienone is 1. The molecule has 0 N–H and O–H groups in total. The highest BCUT2D eigenvalue weighted by Gasteiger charge is 1.91. The van der Waals surface area contributed by atoms with Crippen LogP contribution in [0.4, 0.5) is 0 Å². The molecule has 0 aliphatic heterocycles. The topological polar surface area (TPSA) is 43.4 Å². The molecule has 0 unspecified atom stereocenters. The first kappa shape index (κ1) is 8.88. The molecule has 0 aliphatic carbocycles. The van der Waals surface area contributed by atoms with E-state index in [4.69, 9.17) is 0 Å². The second-order valence-corrected chi connectivity index (χ2v) is 1.66. The van der Waals surface area contributed by atoms with E-state index in [0.717, 1.165) is 18.6 Å². The van der Waals surface area contributed by atoms with E-state index in [0.29, 0.717) is 12.9 Å². The summed E-state index contributed by atoms with van der Waals surface area (Å²) in [6.07, 6.45) is 3.54. The lowest BCUT2D eigenvalue weighted by atomic mass is 10.5. The highest BCUT2D eigenvalue weighted by atomic mass is 16.5. The molecule has 0 saturated heterocycles. The summed E-state index contributed by atoms with van der Waals surface area (Å²) in [5.41, 5.74) is 0. The molecule has 0 amide bonds. The molecule has 0 heterocycles. The van der Waals surface area contributed by atoms with Gasteiger partial charge in [-0.3, -0.25) is 4.79 Å². The van der Waals surface area contributed by atoms with Gasteiger partial charge in [0.05, 0.1) is 6.61 Å². The van der Waals surface area contributed by atoms with Crippen LogP contribution in [0.1, 0.15) is 13.3 Å². The van der Waals surface area contributed by atoms with Crippen molar-refractivity contribution >= 4 is 12.3 Å². The minimum atomic E-state index is -0.464. The van der Waals surface area contributed by atoms with Gasteiger partial charge in [-0.1, -0.05) is 6.92 Å². The summed E-state index contributed by atoms with van der Waals surface area (Å²) < 4.78 is 4.61. The first-order chi connectivity index (χ1) is 4.81. The minimum absolute atomic E-state index is 0.405. The van der Waals surface area contributed by atoms with Gasteiger partial charge < -0.3 is 4.74 Å². The number of carbonyl (C=O) groups excluding carboxylic acids is 2. The second-order valence-electron chi connectivity index (χ2n) is 1.66. The zero-order chi connectivity index (χ0) is 7.82. The first-order valence-electron chi connectivity index (χ1n) is 3.10. The van der Waals surface area contributed by atoms with E-state index in [-0.39, 0.29) is 0 Å². The molecule has 10 heavy (non-hydrogen) atoms. The van der Waals surface area contributed by atoms with Crippen molar-refractivity contribution in [1.29, 1.82) is 0 Å². The molecule has 0 rings (SSSR count). The van der Waals surface area contributed by atoms with Crippen LogP contribution in [0, 0.1) is 0 Å². The Morgan fingerprint density at radius 3 is 2.80 bits per heavy atom. The molecule has 3 heteroatoms. The van der Waals surface area contributed by atoms with Crippen molar-refractivity contribution in [3.05, 3.63) is 12.2 Å².